The summed E-state index contributed by atoms with van der Waals surface area (Å²) in [7, 11) is 1.56. The fourth-order valence-corrected chi connectivity index (χ4v) is 2.93. The zero-order valence-electron chi connectivity index (χ0n) is 15.0. The van der Waals surface area contributed by atoms with Crippen LogP contribution in [0.15, 0.2) is 41.1 Å². The first-order valence-corrected chi connectivity index (χ1v) is 8.98. The second-order valence-corrected chi connectivity index (χ2v) is 6.75. The molecule has 28 heavy (non-hydrogen) atoms. The standard InChI is InChI=1S/C19H16Cl2N2O5/c1-10(19(25)23-18-15(21)6-12(20)8-22-18)28-17(24)5-11-9-27-16-7-13(26-2)3-4-14(11)16/h3-4,6-10H,5H2,1-2H3,(H,22,23,25). The Morgan fingerprint density at radius 3 is 2.79 bits per heavy atom. The highest BCUT2D eigenvalue weighted by molar-refractivity contribution is 6.36. The molecule has 9 heteroatoms. The third-order valence-corrected chi connectivity index (χ3v) is 4.42. The van der Waals surface area contributed by atoms with Crippen molar-refractivity contribution in [1.82, 2.24) is 4.98 Å². The van der Waals surface area contributed by atoms with E-state index >= 15 is 0 Å². The monoisotopic (exact) mass is 422 g/mol. The van der Waals surface area contributed by atoms with Gasteiger partial charge in [-0.3, -0.25) is 9.59 Å². The number of nitrogens with one attached hydrogen (secondary N) is 1. The van der Waals surface area contributed by atoms with Gasteiger partial charge in [0.1, 0.15) is 11.3 Å². The topological polar surface area (TPSA) is 90.7 Å². The average Bonchev–Trinajstić information content (AvgIpc) is 3.05. The highest BCUT2D eigenvalue weighted by atomic mass is 35.5. The molecular formula is C19H16Cl2N2O5. The van der Waals surface area contributed by atoms with Crippen molar-refractivity contribution >= 4 is 51.9 Å². The van der Waals surface area contributed by atoms with Gasteiger partial charge in [-0.1, -0.05) is 23.2 Å². The average molecular weight is 423 g/mol. The van der Waals surface area contributed by atoms with Crippen LogP contribution in [0.25, 0.3) is 11.0 Å². The highest BCUT2D eigenvalue weighted by Gasteiger charge is 2.21. The number of methoxy groups -OCH3 is 1. The zero-order chi connectivity index (χ0) is 20.3. The Hall–Kier alpha value is -2.77. The van der Waals surface area contributed by atoms with E-state index in [1.165, 1.54) is 25.5 Å². The minimum Gasteiger partial charge on any atom is -0.497 e. The van der Waals surface area contributed by atoms with Gasteiger partial charge in [0, 0.05) is 23.2 Å². The molecule has 0 aliphatic heterocycles. The lowest BCUT2D eigenvalue weighted by Gasteiger charge is -2.13. The number of fused-ring (bicyclic) bond motifs is 1. The molecule has 0 saturated carbocycles. The summed E-state index contributed by atoms with van der Waals surface area (Å²) in [5.41, 5.74) is 1.24. The van der Waals surface area contributed by atoms with Crippen molar-refractivity contribution in [2.45, 2.75) is 19.4 Å². The van der Waals surface area contributed by atoms with Crippen LogP contribution in [0.5, 0.6) is 5.75 Å². The fourth-order valence-electron chi connectivity index (χ4n) is 2.50. The molecule has 1 unspecified atom stereocenters. The highest BCUT2D eigenvalue weighted by Crippen LogP contribution is 2.26. The summed E-state index contributed by atoms with van der Waals surface area (Å²) in [5.74, 6) is -0.354. The van der Waals surface area contributed by atoms with Gasteiger partial charge in [-0.15, -0.1) is 0 Å². The van der Waals surface area contributed by atoms with Gasteiger partial charge in [-0.2, -0.15) is 0 Å². The van der Waals surface area contributed by atoms with Crippen molar-refractivity contribution in [2.24, 2.45) is 0 Å². The number of hydrogen-bond donors (Lipinski definition) is 1. The number of carbonyl (C=O) groups excluding carboxylic acids is 2. The molecule has 1 amide bonds. The molecule has 0 aliphatic rings. The fraction of sp³-hybridized carbons (Fsp3) is 0.211. The molecule has 0 bridgehead atoms. The lowest BCUT2D eigenvalue weighted by atomic mass is 10.1. The first kappa shape index (κ1) is 20.0. The van der Waals surface area contributed by atoms with Crippen LogP contribution >= 0.6 is 23.2 Å². The molecular weight excluding hydrogens is 407 g/mol. The van der Waals surface area contributed by atoms with Crippen molar-refractivity contribution < 1.29 is 23.5 Å². The Morgan fingerprint density at radius 1 is 1.29 bits per heavy atom. The molecule has 2 aromatic heterocycles. The molecule has 1 aromatic carbocycles. The molecule has 0 radical (unpaired) electrons. The van der Waals surface area contributed by atoms with Gasteiger partial charge in [0.05, 0.1) is 29.8 Å². The molecule has 0 aliphatic carbocycles. The van der Waals surface area contributed by atoms with Crippen molar-refractivity contribution in [2.75, 3.05) is 12.4 Å². The van der Waals surface area contributed by atoms with Crippen LogP contribution in [0.2, 0.25) is 10.0 Å². The summed E-state index contributed by atoms with van der Waals surface area (Å²) < 4.78 is 15.8. The van der Waals surface area contributed by atoms with E-state index in [9.17, 15) is 9.59 Å². The summed E-state index contributed by atoms with van der Waals surface area (Å²) in [6, 6.07) is 6.74. The predicted octanol–water partition coefficient (Wildman–Crippen LogP) is 4.26. The second-order valence-electron chi connectivity index (χ2n) is 5.91. The van der Waals surface area contributed by atoms with E-state index in [0.29, 0.717) is 21.9 Å². The third-order valence-electron chi connectivity index (χ3n) is 3.92. The molecule has 146 valence electrons. The van der Waals surface area contributed by atoms with Gasteiger partial charge in [-0.05, 0) is 25.1 Å². The second kappa shape index (κ2) is 8.50. The predicted molar refractivity (Wildman–Crippen MR) is 105 cm³/mol. The van der Waals surface area contributed by atoms with E-state index in [1.54, 1.807) is 25.3 Å². The van der Waals surface area contributed by atoms with Gasteiger partial charge in [0.2, 0.25) is 0 Å². The number of hydrogen-bond acceptors (Lipinski definition) is 6. The molecule has 7 nitrogen and oxygen atoms in total. The Labute approximate surface area is 170 Å². The summed E-state index contributed by atoms with van der Waals surface area (Å²) in [4.78, 5) is 28.4. The summed E-state index contributed by atoms with van der Waals surface area (Å²) in [6.07, 6.45) is 1.74. The minimum absolute atomic E-state index is 0.0447. The van der Waals surface area contributed by atoms with Crippen molar-refractivity contribution in [3.63, 3.8) is 0 Å². The van der Waals surface area contributed by atoms with E-state index in [-0.39, 0.29) is 17.3 Å². The smallest absolute Gasteiger partial charge is 0.311 e. The Balaban J connectivity index is 1.61. The number of benzene rings is 1. The van der Waals surface area contributed by atoms with Crippen molar-refractivity contribution in [1.29, 1.82) is 0 Å². The number of aromatic nitrogens is 1. The minimum atomic E-state index is -1.04. The Bertz CT molecular complexity index is 1030. The number of amides is 1. The van der Waals surface area contributed by atoms with Gasteiger partial charge in [0.15, 0.2) is 11.9 Å². The van der Waals surface area contributed by atoms with E-state index in [1.807, 2.05) is 0 Å². The zero-order valence-corrected chi connectivity index (χ0v) is 16.5. The molecule has 0 fully saturated rings. The molecule has 0 spiro atoms. The summed E-state index contributed by atoms with van der Waals surface area (Å²) in [6.45, 7) is 1.45. The Kier molecular flexibility index (Phi) is 6.06. The molecule has 2 heterocycles. The number of carbonyl (C=O) groups is 2. The molecule has 3 rings (SSSR count). The quantitative estimate of drug-likeness (QED) is 0.596. The SMILES string of the molecule is COc1ccc2c(CC(=O)OC(C)C(=O)Nc3ncc(Cl)cc3Cl)coc2c1. The van der Waals surface area contributed by atoms with Crippen LogP contribution in [-0.2, 0) is 20.7 Å². The van der Waals surface area contributed by atoms with Crippen LogP contribution in [-0.4, -0.2) is 30.1 Å². The summed E-state index contributed by atoms with van der Waals surface area (Å²) in [5, 5.41) is 3.78. The molecule has 1 N–H and O–H groups in total. The van der Waals surface area contributed by atoms with E-state index in [0.717, 1.165) is 5.39 Å². The third kappa shape index (κ3) is 4.55. The van der Waals surface area contributed by atoms with Crippen molar-refractivity contribution in [3.8, 4) is 5.75 Å². The lowest BCUT2D eigenvalue weighted by Crippen LogP contribution is -2.30. The number of ether oxygens (including phenoxy) is 2. The van der Waals surface area contributed by atoms with Gasteiger partial charge in [0.25, 0.3) is 5.91 Å². The normalized spacial score (nSPS) is 11.9. The van der Waals surface area contributed by atoms with Crippen molar-refractivity contribution in [3.05, 3.63) is 52.3 Å². The van der Waals surface area contributed by atoms with Gasteiger partial charge < -0.3 is 19.2 Å². The maximum Gasteiger partial charge on any atom is 0.311 e. The van der Waals surface area contributed by atoms with Gasteiger partial charge >= 0.3 is 5.97 Å². The lowest BCUT2D eigenvalue weighted by molar-refractivity contribution is -0.152. The van der Waals surface area contributed by atoms with Crippen LogP contribution in [0.3, 0.4) is 0 Å². The maximum absolute atomic E-state index is 12.2. The van der Waals surface area contributed by atoms with E-state index in [4.69, 9.17) is 37.1 Å². The maximum atomic E-state index is 12.2. The molecule has 1 atom stereocenters. The molecule has 0 saturated heterocycles. The number of halogens is 2. The number of esters is 1. The Morgan fingerprint density at radius 2 is 2.07 bits per heavy atom. The number of rotatable bonds is 6. The number of nitrogens with zero attached hydrogens (tertiary/aromatic N) is 1. The first-order valence-electron chi connectivity index (χ1n) is 8.23. The van der Waals surface area contributed by atoms with Crippen LogP contribution in [0.4, 0.5) is 5.82 Å². The number of furan rings is 1. The summed E-state index contributed by atoms with van der Waals surface area (Å²) >= 11 is 11.7. The van der Waals surface area contributed by atoms with E-state index in [2.05, 4.69) is 10.3 Å². The largest absolute Gasteiger partial charge is 0.497 e. The van der Waals surface area contributed by atoms with Crippen LogP contribution in [0.1, 0.15) is 12.5 Å². The van der Waals surface area contributed by atoms with Crippen LogP contribution < -0.4 is 10.1 Å². The van der Waals surface area contributed by atoms with E-state index < -0.39 is 18.0 Å². The van der Waals surface area contributed by atoms with Gasteiger partial charge in [-0.25, -0.2) is 4.98 Å². The number of pyridine rings is 1. The van der Waals surface area contributed by atoms with Crippen LogP contribution in [0, 0.1) is 0 Å². The number of anilines is 1. The first-order chi connectivity index (χ1) is 13.4. The molecule has 3 aromatic rings.